The van der Waals surface area contributed by atoms with Gasteiger partial charge in [0.15, 0.2) is 18.3 Å². The summed E-state index contributed by atoms with van der Waals surface area (Å²) in [5.41, 5.74) is 0.463. The molecule has 2 aromatic carbocycles. The molecule has 1 saturated heterocycles. The number of unbranched alkanes of at least 4 members (excludes halogenated alkanes) is 2. The summed E-state index contributed by atoms with van der Waals surface area (Å²) in [5.74, 6) is -0.416. The first-order chi connectivity index (χ1) is 18.9. The van der Waals surface area contributed by atoms with Gasteiger partial charge < -0.3 is 34.3 Å². The molecule has 0 aromatic heterocycles. The molecule has 9 nitrogen and oxygen atoms in total. The number of ether oxygens (including phenoxy) is 4. The van der Waals surface area contributed by atoms with Crippen molar-refractivity contribution in [1.29, 1.82) is 0 Å². The number of carbonyl (C=O) groups excluding carboxylic acids is 1. The lowest BCUT2D eigenvalue weighted by molar-refractivity contribution is -0.145. The van der Waals surface area contributed by atoms with Crippen LogP contribution in [0.1, 0.15) is 63.0 Å². The average molecular weight is 541 g/mol. The van der Waals surface area contributed by atoms with Gasteiger partial charge in [-0.3, -0.25) is 9.59 Å². The molecular formula is C30H40N2O7. The highest BCUT2D eigenvalue weighted by molar-refractivity contribution is 5.82. The number of carboxylic acids is 1. The van der Waals surface area contributed by atoms with E-state index >= 15 is 0 Å². The number of aliphatic carboxylic acids is 1. The Kier molecular flexibility index (Phi) is 9.69. The maximum absolute atomic E-state index is 13.9. The second-order valence-corrected chi connectivity index (χ2v) is 10.2. The Morgan fingerprint density at radius 1 is 1.05 bits per heavy atom. The first-order valence-corrected chi connectivity index (χ1v) is 13.8. The van der Waals surface area contributed by atoms with Crippen molar-refractivity contribution >= 4 is 11.9 Å². The van der Waals surface area contributed by atoms with Crippen molar-refractivity contribution in [2.75, 3.05) is 40.3 Å². The maximum atomic E-state index is 13.9. The van der Waals surface area contributed by atoms with Gasteiger partial charge >= 0.3 is 5.97 Å². The molecule has 2 N–H and O–H groups in total. The molecule has 212 valence electrons. The lowest BCUT2D eigenvalue weighted by Gasteiger charge is -2.37. The molecule has 2 aliphatic rings. The third kappa shape index (κ3) is 6.31. The zero-order valence-electron chi connectivity index (χ0n) is 23.1. The number of hydrogen-bond donors (Lipinski definition) is 2. The summed E-state index contributed by atoms with van der Waals surface area (Å²) in [5, 5.41) is 14.2. The molecule has 9 heteroatoms. The molecule has 0 aliphatic carbocycles. The van der Waals surface area contributed by atoms with Crippen molar-refractivity contribution in [2.24, 2.45) is 5.92 Å². The number of carbonyl (C=O) groups is 2. The topological polar surface area (TPSA) is 107 Å². The normalized spacial score (nSPS) is 21.6. The second-order valence-electron chi connectivity index (χ2n) is 10.2. The minimum Gasteiger partial charge on any atom is -0.481 e. The summed E-state index contributed by atoms with van der Waals surface area (Å²) in [7, 11) is 1.55. The molecule has 0 radical (unpaired) electrons. The fraction of sp³-hybridized carbons (Fsp3) is 0.533. The summed E-state index contributed by atoms with van der Waals surface area (Å²) in [6.07, 6.45) is 3.81. The van der Waals surface area contributed by atoms with Gasteiger partial charge in [-0.15, -0.1) is 0 Å². The van der Waals surface area contributed by atoms with Crippen LogP contribution < -0.4 is 19.5 Å². The Hall–Kier alpha value is -3.30. The highest BCUT2D eigenvalue weighted by atomic mass is 16.7. The summed E-state index contributed by atoms with van der Waals surface area (Å²) in [6.45, 7) is 6.19. The van der Waals surface area contributed by atoms with Crippen LogP contribution in [-0.2, 0) is 19.9 Å². The van der Waals surface area contributed by atoms with Gasteiger partial charge in [0.05, 0.1) is 17.9 Å². The van der Waals surface area contributed by atoms with Crippen LogP contribution >= 0.6 is 0 Å². The van der Waals surface area contributed by atoms with Crippen molar-refractivity contribution in [2.45, 2.75) is 57.4 Å². The lowest BCUT2D eigenvalue weighted by Crippen LogP contribution is -2.49. The maximum Gasteiger partial charge on any atom is 0.309 e. The van der Waals surface area contributed by atoms with E-state index in [1.165, 1.54) is 0 Å². The molecule has 0 bridgehead atoms. The number of nitrogens with one attached hydrogen (secondary N) is 1. The fourth-order valence-electron chi connectivity index (χ4n) is 5.64. The quantitative estimate of drug-likeness (QED) is 0.338. The minimum absolute atomic E-state index is 0.0384. The van der Waals surface area contributed by atoms with Gasteiger partial charge in [-0.25, -0.2) is 0 Å². The Morgan fingerprint density at radius 3 is 2.38 bits per heavy atom. The first kappa shape index (κ1) is 28.7. The number of carboxylic acid groups (broad SMARTS) is 1. The third-order valence-electron chi connectivity index (χ3n) is 7.72. The van der Waals surface area contributed by atoms with Crippen molar-refractivity contribution in [1.82, 2.24) is 10.2 Å². The molecule has 0 spiro atoms. The fourth-order valence-corrected chi connectivity index (χ4v) is 5.64. The van der Waals surface area contributed by atoms with Crippen LogP contribution in [0.15, 0.2) is 42.5 Å². The minimum atomic E-state index is -1.11. The second kappa shape index (κ2) is 13.2. The van der Waals surface area contributed by atoms with E-state index in [-0.39, 0.29) is 31.8 Å². The van der Waals surface area contributed by atoms with Crippen LogP contribution in [-0.4, -0.2) is 62.2 Å². The molecule has 2 aliphatic heterocycles. The lowest BCUT2D eigenvalue weighted by atomic mass is 9.71. The van der Waals surface area contributed by atoms with Gasteiger partial charge in [-0.05, 0) is 48.2 Å². The van der Waals surface area contributed by atoms with E-state index in [4.69, 9.17) is 18.9 Å². The molecule has 39 heavy (non-hydrogen) atoms. The van der Waals surface area contributed by atoms with Crippen LogP contribution in [0.25, 0.3) is 0 Å². The van der Waals surface area contributed by atoms with Crippen LogP contribution in [0, 0.1) is 5.92 Å². The number of benzene rings is 2. The molecule has 3 atom stereocenters. The molecule has 2 heterocycles. The largest absolute Gasteiger partial charge is 0.481 e. The Balaban J connectivity index is 1.72. The molecule has 1 amide bonds. The summed E-state index contributed by atoms with van der Waals surface area (Å²) in [4.78, 5) is 28.8. The molecule has 2 aromatic rings. The monoisotopic (exact) mass is 540 g/mol. The van der Waals surface area contributed by atoms with E-state index in [0.29, 0.717) is 36.9 Å². The van der Waals surface area contributed by atoms with Crippen molar-refractivity contribution in [3.8, 4) is 17.2 Å². The number of methoxy groups -OCH3 is 1. The van der Waals surface area contributed by atoms with Crippen molar-refractivity contribution < 1.29 is 33.6 Å². The molecular weight excluding hydrogens is 500 g/mol. The number of amides is 1. The smallest absolute Gasteiger partial charge is 0.309 e. The highest BCUT2D eigenvalue weighted by Crippen LogP contribution is 2.48. The van der Waals surface area contributed by atoms with E-state index in [1.54, 1.807) is 19.2 Å². The predicted molar refractivity (Wildman–Crippen MR) is 146 cm³/mol. The van der Waals surface area contributed by atoms with Gasteiger partial charge in [0, 0.05) is 32.7 Å². The van der Waals surface area contributed by atoms with Gasteiger partial charge in [-0.1, -0.05) is 44.9 Å². The van der Waals surface area contributed by atoms with E-state index in [2.05, 4.69) is 19.2 Å². The van der Waals surface area contributed by atoms with E-state index < -0.39 is 17.4 Å². The van der Waals surface area contributed by atoms with Crippen LogP contribution in [0.4, 0.5) is 0 Å². The molecule has 4 rings (SSSR count). The Morgan fingerprint density at radius 2 is 1.74 bits per heavy atom. The van der Waals surface area contributed by atoms with Gasteiger partial charge in [-0.2, -0.15) is 0 Å². The zero-order valence-corrected chi connectivity index (χ0v) is 23.1. The van der Waals surface area contributed by atoms with Crippen LogP contribution in [0.2, 0.25) is 0 Å². The van der Waals surface area contributed by atoms with Gasteiger partial charge in [0.1, 0.15) is 5.75 Å². The summed E-state index contributed by atoms with van der Waals surface area (Å²) < 4.78 is 21.6. The van der Waals surface area contributed by atoms with Crippen molar-refractivity contribution in [3.63, 3.8) is 0 Å². The number of nitrogens with zero attached hydrogens (tertiary/aromatic N) is 1. The number of hydrogen-bond acceptors (Lipinski definition) is 7. The summed E-state index contributed by atoms with van der Waals surface area (Å²) >= 11 is 0. The Bertz CT molecular complexity index is 1110. The Labute approximate surface area is 230 Å². The van der Waals surface area contributed by atoms with Crippen LogP contribution in [0.5, 0.6) is 17.2 Å². The zero-order chi connectivity index (χ0) is 27.8. The average Bonchev–Trinajstić information content (AvgIpc) is 3.57. The molecule has 3 unspecified atom stereocenters. The predicted octanol–water partition coefficient (Wildman–Crippen LogP) is 4.50. The third-order valence-corrected chi connectivity index (χ3v) is 7.72. The van der Waals surface area contributed by atoms with Crippen molar-refractivity contribution in [3.05, 3.63) is 53.6 Å². The van der Waals surface area contributed by atoms with E-state index in [9.17, 15) is 14.7 Å². The number of rotatable bonds is 14. The van der Waals surface area contributed by atoms with Crippen LogP contribution in [0.3, 0.4) is 0 Å². The van der Waals surface area contributed by atoms with E-state index in [0.717, 1.165) is 36.8 Å². The first-order valence-electron chi connectivity index (χ1n) is 13.8. The number of fused-ring (bicyclic) bond motifs is 1. The standard InChI is InChI=1S/C30H40N2O7/c1-4-6-14-32(15-7-5-2)27(33)17-30(22-9-11-23(12-10-22)37-19-36-3)28(29(34)35)24(18-31-30)21-8-13-25-26(16-21)39-20-38-25/h8-13,16,24,28,31H,4-7,14-15,17-20H2,1-3H3,(H,34,35). The summed E-state index contributed by atoms with van der Waals surface area (Å²) in [6, 6.07) is 12.9. The molecule has 1 fully saturated rings. The van der Waals surface area contributed by atoms with E-state index in [1.807, 2.05) is 35.2 Å². The van der Waals surface area contributed by atoms with Gasteiger partial charge in [0.25, 0.3) is 0 Å². The van der Waals surface area contributed by atoms with Gasteiger partial charge in [0.2, 0.25) is 12.7 Å². The highest BCUT2D eigenvalue weighted by Gasteiger charge is 2.55. The SMILES string of the molecule is CCCCN(CCCC)C(=O)CC1(c2ccc(OCOC)cc2)NCC(c2ccc3c(c2)OCO3)C1C(=O)O. The molecule has 0 saturated carbocycles.